The molecule has 1 aromatic carbocycles. The maximum atomic E-state index is 12.3. The number of rotatable bonds is 5. The van der Waals surface area contributed by atoms with Crippen LogP contribution in [0.4, 0.5) is 13.2 Å². The van der Waals surface area contributed by atoms with Crippen LogP contribution in [0.25, 0.3) is 0 Å². The molecule has 0 heterocycles. The number of hydrogen-bond acceptors (Lipinski definition) is 1. The van der Waals surface area contributed by atoms with Gasteiger partial charge in [0.2, 0.25) is 0 Å². The highest BCUT2D eigenvalue weighted by molar-refractivity contribution is 5.25. The fourth-order valence-electron chi connectivity index (χ4n) is 1.35. The molecule has 0 unspecified atom stereocenters. The van der Waals surface area contributed by atoms with Gasteiger partial charge in [-0.2, -0.15) is 13.2 Å². The molecule has 4 heteroatoms. The van der Waals surface area contributed by atoms with E-state index in [4.69, 9.17) is 4.74 Å². The van der Waals surface area contributed by atoms with E-state index in [2.05, 4.69) is 0 Å². The third-order valence-electron chi connectivity index (χ3n) is 2.29. The third-order valence-corrected chi connectivity index (χ3v) is 2.29. The van der Waals surface area contributed by atoms with Crippen molar-refractivity contribution in [1.29, 1.82) is 0 Å². The van der Waals surface area contributed by atoms with Crippen LogP contribution in [-0.2, 0) is 17.3 Å². The molecular formula is C13H15F3O. The highest BCUT2D eigenvalue weighted by Crippen LogP contribution is 2.29. The minimum atomic E-state index is -4.26. The third kappa shape index (κ3) is 5.04. The first kappa shape index (κ1) is 13.8. The highest BCUT2D eigenvalue weighted by atomic mass is 19.4. The number of allylic oxidation sites excluding steroid dienone is 1. The molecular weight excluding hydrogens is 229 g/mol. The molecule has 0 bridgehead atoms. The summed E-state index contributed by atoms with van der Waals surface area (Å²) in [4.78, 5) is 0. The second-order valence-electron chi connectivity index (χ2n) is 3.65. The Morgan fingerprint density at radius 2 is 1.76 bits per heavy atom. The van der Waals surface area contributed by atoms with Gasteiger partial charge in [0.05, 0.1) is 5.56 Å². The number of methoxy groups -OCH3 is 1. The van der Waals surface area contributed by atoms with E-state index in [1.54, 1.807) is 7.11 Å². The molecule has 0 saturated carbocycles. The first-order chi connectivity index (χ1) is 8.04. The zero-order valence-corrected chi connectivity index (χ0v) is 9.63. The van der Waals surface area contributed by atoms with E-state index in [0.29, 0.717) is 13.0 Å². The Hall–Kier alpha value is -1.29. The molecule has 0 aliphatic heterocycles. The lowest BCUT2D eigenvalue weighted by molar-refractivity contribution is -0.137. The van der Waals surface area contributed by atoms with Crippen LogP contribution in [0.15, 0.2) is 36.4 Å². The fourth-order valence-corrected chi connectivity index (χ4v) is 1.35. The quantitative estimate of drug-likeness (QED) is 0.565. The van der Waals surface area contributed by atoms with Crippen molar-refractivity contribution in [2.45, 2.75) is 19.0 Å². The van der Waals surface area contributed by atoms with Crippen LogP contribution < -0.4 is 0 Å². The van der Waals surface area contributed by atoms with Crippen molar-refractivity contribution in [2.75, 3.05) is 13.7 Å². The van der Waals surface area contributed by atoms with Gasteiger partial charge in [-0.05, 0) is 30.5 Å². The van der Waals surface area contributed by atoms with E-state index in [-0.39, 0.29) is 0 Å². The van der Waals surface area contributed by atoms with Gasteiger partial charge in [-0.15, -0.1) is 0 Å². The molecule has 0 N–H and O–H groups in total. The summed E-state index contributed by atoms with van der Waals surface area (Å²) in [6.07, 6.45) is 1.09. The van der Waals surface area contributed by atoms with Gasteiger partial charge in [0.15, 0.2) is 0 Å². The van der Waals surface area contributed by atoms with Crippen LogP contribution in [-0.4, -0.2) is 13.7 Å². The zero-order valence-electron chi connectivity index (χ0n) is 9.63. The Bertz CT molecular complexity index is 352. The van der Waals surface area contributed by atoms with Crippen molar-refractivity contribution >= 4 is 0 Å². The largest absolute Gasteiger partial charge is 0.416 e. The Morgan fingerprint density at radius 3 is 2.29 bits per heavy atom. The van der Waals surface area contributed by atoms with Gasteiger partial charge in [0.1, 0.15) is 0 Å². The topological polar surface area (TPSA) is 9.23 Å². The van der Waals surface area contributed by atoms with Gasteiger partial charge in [-0.25, -0.2) is 0 Å². The Kier molecular flexibility index (Phi) is 5.22. The molecule has 1 rings (SSSR count). The number of halogens is 3. The summed E-state index contributed by atoms with van der Waals surface area (Å²) in [5.74, 6) is 0. The number of benzene rings is 1. The van der Waals surface area contributed by atoms with Crippen LogP contribution >= 0.6 is 0 Å². The summed E-state index contributed by atoms with van der Waals surface area (Å²) in [6, 6.07) is 5.23. The SMILES string of the molecule is COCC/C=C/Cc1ccc(C(F)(F)F)cc1. The predicted octanol–water partition coefficient (Wildman–Crippen LogP) is 3.84. The van der Waals surface area contributed by atoms with E-state index in [1.165, 1.54) is 12.1 Å². The van der Waals surface area contributed by atoms with Gasteiger partial charge in [0.25, 0.3) is 0 Å². The average Bonchev–Trinajstić information content (AvgIpc) is 2.28. The summed E-state index contributed by atoms with van der Waals surface area (Å²) >= 11 is 0. The van der Waals surface area contributed by atoms with Gasteiger partial charge < -0.3 is 4.74 Å². The summed E-state index contributed by atoms with van der Waals surface area (Å²) in [5, 5.41) is 0. The van der Waals surface area contributed by atoms with Gasteiger partial charge in [-0.1, -0.05) is 24.3 Å². The molecule has 0 saturated heterocycles. The molecule has 0 amide bonds. The van der Waals surface area contributed by atoms with Crippen LogP contribution in [0.1, 0.15) is 17.5 Å². The molecule has 0 radical (unpaired) electrons. The lowest BCUT2D eigenvalue weighted by Gasteiger charge is -2.06. The molecule has 0 aromatic heterocycles. The van der Waals surface area contributed by atoms with Crippen molar-refractivity contribution in [1.82, 2.24) is 0 Å². The van der Waals surface area contributed by atoms with E-state index in [1.807, 2.05) is 12.2 Å². The predicted molar refractivity (Wildman–Crippen MR) is 60.8 cm³/mol. The molecule has 0 aliphatic carbocycles. The molecule has 1 nitrogen and oxygen atoms in total. The van der Waals surface area contributed by atoms with Crippen LogP contribution in [0.3, 0.4) is 0 Å². The highest BCUT2D eigenvalue weighted by Gasteiger charge is 2.29. The number of alkyl halides is 3. The van der Waals surface area contributed by atoms with Crippen molar-refractivity contribution in [3.63, 3.8) is 0 Å². The first-order valence-electron chi connectivity index (χ1n) is 5.34. The van der Waals surface area contributed by atoms with E-state index < -0.39 is 11.7 Å². The summed E-state index contributed by atoms with van der Waals surface area (Å²) in [7, 11) is 1.63. The molecule has 17 heavy (non-hydrogen) atoms. The van der Waals surface area contributed by atoms with Crippen LogP contribution in [0, 0.1) is 0 Å². The first-order valence-corrected chi connectivity index (χ1v) is 5.34. The smallest absolute Gasteiger partial charge is 0.384 e. The maximum absolute atomic E-state index is 12.3. The zero-order chi connectivity index (χ0) is 12.7. The molecule has 0 aliphatic rings. The number of hydrogen-bond donors (Lipinski definition) is 0. The van der Waals surface area contributed by atoms with E-state index in [0.717, 1.165) is 24.1 Å². The van der Waals surface area contributed by atoms with Crippen molar-refractivity contribution in [2.24, 2.45) is 0 Å². The van der Waals surface area contributed by atoms with Crippen molar-refractivity contribution < 1.29 is 17.9 Å². The normalized spacial score (nSPS) is 12.2. The maximum Gasteiger partial charge on any atom is 0.416 e. The second-order valence-corrected chi connectivity index (χ2v) is 3.65. The van der Waals surface area contributed by atoms with Gasteiger partial charge in [0, 0.05) is 13.7 Å². The summed E-state index contributed by atoms with van der Waals surface area (Å²) < 4.78 is 41.7. The Labute approximate surface area is 98.9 Å². The van der Waals surface area contributed by atoms with Crippen molar-refractivity contribution in [3.05, 3.63) is 47.5 Å². The van der Waals surface area contributed by atoms with Crippen LogP contribution in [0.2, 0.25) is 0 Å². The Morgan fingerprint density at radius 1 is 1.12 bits per heavy atom. The standard InChI is InChI=1S/C13H15F3O/c1-17-10-4-2-3-5-11-6-8-12(9-7-11)13(14,15)16/h2-3,6-9H,4-5,10H2,1H3/b3-2+. The number of ether oxygens (including phenoxy) is 1. The minimum Gasteiger partial charge on any atom is -0.384 e. The molecule has 0 atom stereocenters. The molecule has 0 spiro atoms. The Balaban J connectivity index is 2.49. The lowest BCUT2D eigenvalue weighted by Crippen LogP contribution is -2.04. The molecule has 1 aromatic rings. The van der Waals surface area contributed by atoms with E-state index >= 15 is 0 Å². The summed E-state index contributed by atoms with van der Waals surface area (Å²) in [5.41, 5.74) is 0.260. The molecule has 0 fully saturated rings. The van der Waals surface area contributed by atoms with Crippen molar-refractivity contribution in [3.8, 4) is 0 Å². The molecule has 94 valence electrons. The lowest BCUT2D eigenvalue weighted by atomic mass is 10.1. The average molecular weight is 244 g/mol. The van der Waals surface area contributed by atoms with E-state index in [9.17, 15) is 13.2 Å². The van der Waals surface area contributed by atoms with Gasteiger partial charge >= 0.3 is 6.18 Å². The second kappa shape index (κ2) is 6.45. The summed E-state index contributed by atoms with van der Waals surface area (Å²) in [6.45, 7) is 0.656. The monoisotopic (exact) mass is 244 g/mol. The van der Waals surface area contributed by atoms with Crippen LogP contribution in [0.5, 0.6) is 0 Å². The minimum absolute atomic E-state index is 0.607. The fraction of sp³-hybridized carbons (Fsp3) is 0.385. The van der Waals surface area contributed by atoms with Gasteiger partial charge in [-0.3, -0.25) is 0 Å².